The predicted octanol–water partition coefficient (Wildman–Crippen LogP) is 3.50. The van der Waals surface area contributed by atoms with Crippen LogP contribution in [0.25, 0.3) is 0 Å². The number of hydrogen-bond acceptors (Lipinski definition) is 3. The van der Waals surface area contributed by atoms with Gasteiger partial charge in [-0.05, 0) is 58.1 Å². The Kier molecular flexibility index (Phi) is 6.40. The van der Waals surface area contributed by atoms with E-state index < -0.39 is 11.9 Å². The summed E-state index contributed by atoms with van der Waals surface area (Å²) in [6, 6.07) is 8.19. The van der Waals surface area contributed by atoms with Crippen LogP contribution in [0.15, 0.2) is 24.3 Å². The van der Waals surface area contributed by atoms with Gasteiger partial charge in [-0.2, -0.15) is 5.10 Å². The summed E-state index contributed by atoms with van der Waals surface area (Å²) >= 11 is 0. The highest BCUT2D eigenvalue weighted by Gasteiger charge is 2.35. The standard InChI is InChI=1S/C23H31N3O3/c1-15-7-9-19(10-8-15)14-26-18(4)20(16(2)24-26)11-12-22(27)25-13-5-6-21(17(25)3)23(28)29/h7-10,17,21H,5-6,11-14H2,1-4H3,(H,28,29)/t17-,21-/m1/s1. The fourth-order valence-corrected chi connectivity index (χ4v) is 4.32. The lowest BCUT2D eigenvalue weighted by molar-refractivity contribution is -0.149. The number of likely N-dealkylation sites (tertiary alicyclic amines) is 1. The molecular formula is C23H31N3O3. The number of piperidine rings is 1. The summed E-state index contributed by atoms with van der Waals surface area (Å²) in [6.07, 6.45) is 2.41. The van der Waals surface area contributed by atoms with E-state index >= 15 is 0 Å². The Bertz CT molecular complexity index is 886. The first-order valence-electron chi connectivity index (χ1n) is 10.4. The van der Waals surface area contributed by atoms with Crippen LogP contribution in [-0.4, -0.2) is 44.3 Å². The van der Waals surface area contributed by atoms with E-state index in [1.165, 1.54) is 11.1 Å². The Labute approximate surface area is 172 Å². The lowest BCUT2D eigenvalue weighted by Crippen LogP contribution is -2.49. The van der Waals surface area contributed by atoms with Crippen LogP contribution in [0.2, 0.25) is 0 Å². The highest BCUT2D eigenvalue weighted by atomic mass is 16.4. The molecule has 156 valence electrons. The number of rotatable bonds is 6. The maximum absolute atomic E-state index is 12.8. The summed E-state index contributed by atoms with van der Waals surface area (Å²) < 4.78 is 2.00. The fourth-order valence-electron chi connectivity index (χ4n) is 4.32. The number of amides is 1. The van der Waals surface area contributed by atoms with E-state index in [4.69, 9.17) is 0 Å². The molecule has 1 aromatic heterocycles. The molecule has 2 atom stereocenters. The molecule has 2 aromatic rings. The predicted molar refractivity (Wildman–Crippen MR) is 112 cm³/mol. The summed E-state index contributed by atoms with van der Waals surface area (Å²) in [4.78, 5) is 26.0. The quantitative estimate of drug-likeness (QED) is 0.809. The molecule has 0 saturated carbocycles. The van der Waals surface area contributed by atoms with Gasteiger partial charge in [0.2, 0.25) is 5.91 Å². The van der Waals surface area contributed by atoms with Gasteiger partial charge in [0.25, 0.3) is 0 Å². The third-order valence-corrected chi connectivity index (χ3v) is 6.20. The monoisotopic (exact) mass is 397 g/mol. The van der Waals surface area contributed by atoms with Crippen molar-refractivity contribution < 1.29 is 14.7 Å². The van der Waals surface area contributed by atoms with Crippen LogP contribution in [-0.2, 0) is 22.6 Å². The lowest BCUT2D eigenvalue weighted by atomic mass is 9.90. The second-order valence-electron chi connectivity index (χ2n) is 8.21. The highest BCUT2D eigenvalue weighted by molar-refractivity contribution is 5.79. The smallest absolute Gasteiger partial charge is 0.308 e. The van der Waals surface area contributed by atoms with E-state index in [2.05, 4.69) is 43.2 Å². The molecule has 1 aromatic carbocycles. The molecule has 6 nitrogen and oxygen atoms in total. The average Bonchev–Trinajstić information content (AvgIpc) is 2.94. The molecule has 29 heavy (non-hydrogen) atoms. The van der Waals surface area contributed by atoms with Crippen LogP contribution >= 0.6 is 0 Å². The van der Waals surface area contributed by atoms with Gasteiger partial charge in [-0.1, -0.05) is 29.8 Å². The Morgan fingerprint density at radius 3 is 2.52 bits per heavy atom. The number of aliphatic carboxylic acids is 1. The molecule has 0 unspecified atom stereocenters. The number of aryl methyl sites for hydroxylation is 2. The maximum Gasteiger partial charge on any atom is 0.308 e. The Balaban J connectivity index is 1.66. The molecule has 0 aliphatic carbocycles. The van der Waals surface area contributed by atoms with E-state index in [0.29, 0.717) is 32.4 Å². The second kappa shape index (κ2) is 8.80. The fraction of sp³-hybridized carbons (Fsp3) is 0.522. The minimum atomic E-state index is -0.806. The van der Waals surface area contributed by atoms with Gasteiger partial charge in [-0.25, -0.2) is 0 Å². The molecule has 1 aliphatic rings. The Hall–Kier alpha value is -2.63. The van der Waals surface area contributed by atoms with E-state index in [-0.39, 0.29) is 11.9 Å². The van der Waals surface area contributed by atoms with Gasteiger partial charge in [0.05, 0.1) is 18.2 Å². The molecule has 2 heterocycles. The Morgan fingerprint density at radius 1 is 1.17 bits per heavy atom. The first kappa shape index (κ1) is 21.1. The van der Waals surface area contributed by atoms with Gasteiger partial charge in [-0.15, -0.1) is 0 Å². The van der Waals surface area contributed by atoms with E-state index in [1.54, 1.807) is 4.90 Å². The first-order chi connectivity index (χ1) is 13.8. The van der Waals surface area contributed by atoms with Gasteiger partial charge >= 0.3 is 5.97 Å². The molecular weight excluding hydrogens is 366 g/mol. The summed E-state index contributed by atoms with van der Waals surface area (Å²) in [7, 11) is 0. The van der Waals surface area contributed by atoms with Crippen LogP contribution in [0.1, 0.15) is 54.3 Å². The van der Waals surface area contributed by atoms with Crippen molar-refractivity contribution in [1.82, 2.24) is 14.7 Å². The van der Waals surface area contributed by atoms with Gasteiger partial charge in [0, 0.05) is 24.7 Å². The number of carbonyl (C=O) groups excluding carboxylic acids is 1. The molecule has 1 fully saturated rings. The van der Waals surface area contributed by atoms with Crippen LogP contribution in [0.3, 0.4) is 0 Å². The van der Waals surface area contributed by atoms with Gasteiger partial charge in [0.15, 0.2) is 0 Å². The van der Waals surface area contributed by atoms with Crippen molar-refractivity contribution >= 4 is 11.9 Å². The zero-order chi connectivity index (χ0) is 21.1. The minimum Gasteiger partial charge on any atom is -0.481 e. The van der Waals surface area contributed by atoms with E-state index in [1.807, 2.05) is 18.5 Å². The molecule has 3 rings (SSSR count). The van der Waals surface area contributed by atoms with Crippen LogP contribution in [0.4, 0.5) is 0 Å². The van der Waals surface area contributed by atoms with Crippen molar-refractivity contribution in [3.63, 3.8) is 0 Å². The van der Waals surface area contributed by atoms with Crippen molar-refractivity contribution in [2.24, 2.45) is 5.92 Å². The maximum atomic E-state index is 12.8. The van der Waals surface area contributed by atoms with E-state index in [0.717, 1.165) is 23.4 Å². The molecule has 6 heteroatoms. The topological polar surface area (TPSA) is 75.4 Å². The van der Waals surface area contributed by atoms with Crippen molar-refractivity contribution in [2.45, 2.75) is 66.0 Å². The van der Waals surface area contributed by atoms with Gasteiger partial charge < -0.3 is 10.0 Å². The van der Waals surface area contributed by atoms with Crippen molar-refractivity contribution in [3.05, 3.63) is 52.3 Å². The zero-order valence-electron chi connectivity index (χ0n) is 17.8. The van der Waals surface area contributed by atoms with Gasteiger partial charge in [-0.3, -0.25) is 14.3 Å². The van der Waals surface area contributed by atoms with Crippen molar-refractivity contribution in [1.29, 1.82) is 0 Å². The number of carboxylic acids is 1. The molecule has 1 N–H and O–H groups in total. The first-order valence-corrected chi connectivity index (χ1v) is 10.4. The molecule has 0 spiro atoms. The SMILES string of the molecule is Cc1ccc(Cn2nc(C)c(CCC(=O)N3CCC[C@@H](C(=O)O)[C@H]3C)c2C)cc1. The van der Waals surface area contributed by atoms with E-state index in [9.17, 15) is 14.7 Å². The number of hydrogen-bond donors (Lipinski definition) is 1. The second-order valence-corrected chi connectivity index (χ2v) is 8.21. The summed E-state index contributed by atoms with van der Waals surface area (Å²) in [5, 5.41) is 14.1. The third kappa shape index (κ3) is 4.69. The van der Waals surface area contributed by atoms with Crippen molar-refractivity contribution in [3.8, 4) is 0 Å². The normalized spacial score (nSPS) is 19.4. The van der Waals surface area contributed by atoms with Crippen molar-refractivity contribution in [2.75, 3.05) is 6.54 Å². The zero-order valence-corrected chi connectivity index (χ0v) is 17.8. The molecule has 0 bridgehead atoms. The third-order valence-electron chi connectivity index (χ3n) is 6.20. The van der Waals surface area contributed by atoms with Gasteiger partial charge in [0.1, 0.15) is 0 Å². The molecule has 1 aliphatic heterocycles. The number of carboxylic acid groups (broad SMARTS) is 1. The largest absolute Gasteiger partial charge is 0.481 e. The number of carbonyl (C=O) groups is 2. The Morgan fingerprint density at radius 2 is 1.86 bits per heavy atom. The van der Waals surface area contributed by atoms with Crippen LogP contribution in [0, 0.1) is 26.7 Å². The number of benzene rings is 1. The summed E-state index contributed by atoms with van der Waals surface area (Å²) in [5.74, 6) is -1.24. The van der Waals surface area contributed by atoms with Crippen LogP contribution < -0.4 is 0 Å². The minimum absolute atomic E-state index is 0.0357. The molecule has 0 radical (unpaired) electrons. The highest BCUT2D eigenvalue weighted by Crippen LogP contribution is 2.25. The average molecular weight is 398 g/mol. The lowest BCUT2D eigenvalue weighted by Gasteiger charge is -2.37. The number of aromatic nitrogens is 2. The number of nitrogens with zero attached hydrogens (tertiary/aromatic N) is 3. The van der Waals surface area contributed by atoms with Crippen LogP contribution in [0.5, 0.6) is 0 Å². The summed E-state index contributed by atoms with van der Waals surface area (Å²) in [5.41, 5.74) is 5.59. The molecule has 1 amide bonds. The molecule has 1 saturated heterocycles. The summed E-state index contributed by atoms with van der Waals surface area (Å²) in [6.45, 7) is 9.33.